The second-order valence-electron chi connectivity index (χ2n) is 5.76. The van der Waals surface area contributed by atoms with Crippen LogP contribution in [0.2, 0.25) is 5.02 Å². The zero-order valence-corrected chi connectivity index (χ0v) is 16.6. The Bertz CT molecular complexity index is 1260. The van der Waals surface area contributed by atoms with Gasteiger partial charge in [-0.05, 0) is 24.3 Å². The van der Waals surface area contributed by atoms with Gasteiger partial charge in [-0.25, -0.2) is 9.50 Å². The van der Waals surface area contributed by atoms with Gasteiger partial charge in [0.1, 0.15) is 11.8 Å². The average Bonchev–Trinajstić information content (AvgIpc) is 3.02. The summed E-state index contributed by atoms with van der Waals surface area (Å²) in [4.78, 5) is 4.31. The molecule has 0 bridgehead atoms. The zero-order valence-electron chi connectivity index (χ0n) is 14.2. The van der Waals surface area contributed by atoms with E-state index in [1.54, 1.807) is 18.2 Å². The third-order valence-corrected chi connectivity index (χ3v) is 4.84. The first kappa shape index (κ1) is 18.1. The molecule has 4 aromatic rings. The minimum atomic E-state index is 0.150. The van der Waals surface area contributed by atoms with E-state index in [2.05, 4.69) is 42.3 Å². The molecule has 2 N–H and O–H groups in total. The summed E-state index contributed by atoms with van der Waals surface area (Å²) < 4.78 is 2.44. The molecular formula is C19H11BrClN7. The minimum Gasteiger partial charge on any atom is -0.380 e. The van der Waals surface area contributed by atoms with Gasteiger partial charge in [0.25, 0.3) is 0 Å². The van der Waals surface area contributed by atoms with Crippen LogP contribution in [0.4, 0.5) is 17.2 Å². The highest BCUT2D eigenvalue weighted by Gasteiger charge is 2.18. The molecule has 28 heavy (non-hydrogen) atoms. The lowest BCUT2D eigenvalue weighted by Crippen LogP contribution is -2.00. The van der Waals surface area contributed by atoms with Crippen LogP contribution in [0.5, 0.6) is 0 Å². The van der Waals surface area contributed by atoms with Gasteiger partial charge in [0.15, 0.2) is 17.2 Å². The summed E-state index contributed by atoms with van der Waals surface area (Å²) in [6.45, 7) is 0. The van der Waals surface area contributed by atoms with E-state index in [4.69, 9.17) is 17.3 Å². The number of nitriles is 1. The summed E-state index contributed by atoms with van der Waals surface area (Å²) in [7, 11) is 0. The predicted octanol–water partition coefficient (Wildman–Crippen LogP) is 5.68. The number of hydrogen-bond donors (Lipinski definition) is 1. The Kier molecular flexibility index (Phi) is 4.77. The third kappa shape index (κ3) is 3.22. The van der Waals surface area contributed by atoms with E-state index >= 15 is 0 Å². The number of halogens is 2. The maximum Gasteiger partial charge on any atom is 0.185 e. The number of aromatic nitrogens is 3. The van der Waals surface area contributed by atoms with Crippen LogP contribution in [0.1, 0.15) is 5.56 Å². The van der Waals surface area contributed by atoms with Gasteiger partial charge in [0.2, 0.25) is 0 Å². The number of rotatable bonds is 3. The smallest absolute Gasteiger partial charge is 0.185 e. The summed E-state index contributed by atoms with van der Waals surface area (Å²) in [6, 6.07) is 16.7. The highest BCUT2D eigenvalue weighted by molar-refractivity contribution is 9.10. The molecule has 9 heteroatoms. The molecule has 0 unspecified atom stereocenters. The van der Waals surface area contributed by atoms with Crippen LogP contribution in [-0.4, -0.2) is 14.6 Å². The van der Waals surface area contributed by atoms with Crippen molar-refractivity contribution in [2.75, 3.05) is 5.73 Å². The molecule has 0 atom stereocenters. The van der Waals surface area contributed by atoms with Crippen molar-refractivity contribution in [3.8, 4) is 17.3 Å². The van der Waals surface area contributed by atoms with Crippen molar-refractivity contribution < 1.29 is 0 Å². The molecule has 0 fully saturated rings. The van der Waals surface area contributed by atoms with Crippen LogP contribution in [0.15, 0.2) is 69.4 Å². The zero-order chi connectivity index (χ0) is 19.7. The first-order valence-corrected chi connectivity index (χ1v) is 9.25. The molecule has 4 rings (SSSR count). The van der Waals surface area contributed by atoms with E-state index in [0.717, 1.165) is 10.0 Å². The van der Waals surface area contributed by atoms with Gasteiger partial charge >= 0.3 is 0 Å². The Morgan fingerprint density at radius 3 is 2.57 bits per heavy atom. The molecule has 0 saturated carbocycles. The maximum atomic E-state index is 9.52. The van der Waals surface area contributed by atoms with Crippen LogP contribution in [0, 0.1) is 11.3 Å². The van der Waals surface area contributed by atoms with Crippen molar-refractivity contribution in [1.29, 1.82) is 5.26 Å². The highest BCUT2D eigenvalue weighted by atomic mass is 79.9. The molecule has 0 aliphatic heterocycles. The van der Waals surface area contributed by atoms with Crippen molar-refractivity contribution in [2.45, 2.75) is 0 Å². The van der Waals surface area contributed by atoms with Gasteiger partial charge in [0, 0.05) is 16.2 Å². The van der Waals surface area contributed by atoms with E-state index in [1.807, 2.05) is 30.3 Å². The SMILES string of the molecule is N#Cc1cnc2c(N=Nc3ccccc3Cl)c(N)nn2c1-c1ccc(Br)cc1. The van der Waals surface area contributed by atoms with Gasteiger partial charge in [-0.3, -0.25) is 0 Å². The normalized spacial score (nSPS) is 11.2. The van der Waals surface area contributed by atoms with Crippen molar-refractivity contribution in [2.24, 2.45) is 10.2 Å². The fraction of sp³-hybridized carbons (Fsp3) is 0. The topological polar surface area (TPSA) is 105 Å². The molecule has 0 radical (unpaired) electrons. The first-order chi connectivity index (χ1) is 13.6. The van der Waals surface area contributed by atoms with Gasteiger partial charge < -0.3 is 5.73 Å². The van der Waals surface area contributed by atoms with Gasteiger partial charge in [-0.2, -0.15) is 5.26 Å². The monoisotopic (exact) mass is 451 g/mol. The molecule has 2 heterocycles. The Balaban J connectivity index is 1.90. The standard InChI is InChI=1S/C19H11BrClN7/c20-13-7-5-11(6-8-13)17-12(9-22)10-24-19-16(18(23)27-28(17)19)26-25-15-4-2-1-3-14(15)21/h1-8,10H,(H2,23,27). The molecule has 2 aromatic heterocycles. The Morgan fingerprint density at radius 2 is 1.86 bits per heavy atom. The van der Waals surface area contributed by atoms with Crippen LogP contribution in [0.3, 0.4) is 0 Å². The number of nitrogen functional groups attached to an aromatic ring is 1. The summed E-state index contributed by atoms with van der Waals surface area (Å²) in [5, 5.41) is 22.7. The second kappa shape index (κ2) is 7.38. The maximum absolute atomic E-state index is 9.52. The predicted molar refractivity (Wildman–Crippen MR) is 111 cm³/mol. The lowest BCUT2D eigenvalue weighted by atomic mass is 10.1. The van der Waals surface area contributed by atoms with E-state index < -0.39 is 0 Å². The molecule has 0 amide bonds. The minimum absolute atomic E-state index is 0.150. The molecule has 0 spiro atoms. The van der Waals surface area contributed by atoms with Crippen molar-refractivity contribution >= 4 is 50.4 Å². The fourth-order valence-electron chi connectivity index (χ4n) is 2.69. The fourth-order valence-corrected chi connectivity index (χ4v) is 3.13. The number of hydrogen-bond acceptors (Lipinski definition) is 6. The van der Waals surface area contributed by atoms with Crippen molar-refractivity contribution in [3.05, 3.63) is 69.8 Å². The van der Waals surface area contributed by atoms with Crippen LogP contribution in [0.25, 0.3) is 16.9 Å². The summed E-state index contributed by atoms with van der Waals surface area (Å²) >= 11 is 9.53. The van der Waals surface area contributed by atoms with Gasteiger partial charge in [0.05, 0.1) is 16.3 Å². The molecule has 7 nitrogen and oxygen atoms in total. The average molecular weight is 453 g/mol. The number of benzene rings is 2. The van der Waals surface area contributed by atoms with Gasteiger partial charge in [-0.15, -0.1) is 15.3 Å². The highest BCUT2D eigenvalue weighted by Crippen LogP contribution is 2.34. The third-order valence-electron chi connectivity index (χ3n) is 3.99. The van der Waals surface area contributed by atoms with Crippen LogP contribution < -0.4 is 5.73 Å². The molecule has 0 saturated heterocycles. The number of anilines is 1. The second-order valence-corrected chi connectivity index (χ2v) is 7.08. The van der Waals surface area contributed by atoms with Crippen molar-refractivity contribution in [1.82, 2.24) is 14.6 Å². The van der Waals surface area contributed by atoms with Crippen molar-refractivity contribution in [3.63, 3.8) is 0 Å². The summed E-state index contributed by atoms with van der Waals surface area (Å²) in [5.41, 5.74) is 9.01. The largest absolute Gasteiger partial charge is 0.380 e. The van der Waals surface area contributed by atoms with E-state index in [1.165, 1.54) is 10.7 Å². The number of nitrogens with two attached hydrogens (primary N) is 1. The molecule has 136 valence electrons. The Labute approximate surface area is 173 Å². The van der Waals surface area contributed by atoms with E-state index in [9.17, 15) is 5.26 Å². The number of nitrogens with zero attached hydrogens (tertiary/aromatic N) is 6. The van der Waals surface area contributed by atoms with E-state index in [-0.39, 0.29) is 5.82 Å². The number of azo groups is 1. The molecular weight excluding hydrogens is 442 g/mol. The summed E-state index contributed by atoms with van der Waals surface area (Å²) in [6.07, 6.45) is 1.47. The quantitative estimate of drug-likeness (QED) is 0.403. The number of fused-ring (bicyclic) bond motifs is 1. The van der Waals surface area contributed by atoms with Crippen LogP contribution in [-0.2, 0) is 0 Å². The first-order valence-electron chi connectivity index (χ1n) is 8.08. The lowest BCUT2D eigenvalue weighted by molar-refractivity contribution is 0.949. The lowest BCUT2D eigenvalue weighted by Gasteiger charge is -2.07. The molecule has 0 aliphatic rings. The van der Waals surface area contributed by atoms with Gasteiger partial charge in [-0.1, -0.05) is 51.8 Å². The summed E-state index contributed by atoms with van der Waals surface area (Å²) in [5.74, 6) is 0.150. The van der Waals surface area contributed by atoms with E-state index in [0.29, 0.717) is 33.3 Å². The Morgan fingerprint density at radius 1 is 1.11 bits per heavy atom. The Hall–Kier alpha value is -3.28. The van der Waals surface area contributed by atoms with Crippen LogP contribution >= 0.6 is 27.5 Å². The molecule has 0 aliphatic carbocycles. The molecule has 2 aromatic carbocycles.